The number of ether oxygens (including phenoxy) is 1. The van der Waals surface area contributed by atoms with E-state index < -0.39 is 0 Å². The third kappa shape index (κ3) is 4.69. The van der Waals surface area contributed by atoms with Gasteiger partial charge in [0.1, 0.15) is 5.69 Å². The molecule has 0 N–H and O–H groups in total. The molecule has 0 amide bonds. The third-order valence-corrected chi connectivity index (χ3v) is 3.23. The molecule has 0 saturated carbocycles. The van der Waals surface area contributed by atoms with Crippen molar-refractivity contribution in [2.24, 2.45) is 0 Å². The minimum atomic E-state index is 0.152. The van der Waals surface area contributed by atoms with Gasteiger partial charge in [-0.05, 0) is 12.8 Å². The van der Waals surface area contributed by atoms with Crippen LogP contribution >= 0.6 is 0 Å². The van der Waals surface area contributed by atoms with Crippen LogP contribution in [0.2, 0.25) is 0 Å². The minimum Gasteiger partial charge on any atom is -0.493 e. The lowest BCUT2D eigenvalue weighted by Gasteiger charge is -2.07. The van der Waals surface area contributed by atoms with E-state index in [4.69, 9.17) is 4.74 Å². The fraction of sp³-hybridized carbons (Fsp3) is 0.733. The molecule has 0 bridgehead atoms. The zero-order valence-corrected chi connectivity index (χ0v) is 12.4. The van der Waals surface area contributed by atoms with Crippen LogP contribution in [0.3, 0.4) is 0 Å². The number of aryl methyl sites for hydroxylation is 1. The largest absolute Gasteiger partial charge is 0.493 e. The van der Waals surface area contributed by atoms with Crippen LogP contribution < -0.4 is 4.74 Å². The number of Topliss-reactive ketones (excluding diaryl/α,β-unsaturated/α-hetero) is 1. The van der Waals surface area contributed by atoms with Crippen LogP contribution in [0.1, 0.15) is 69.3 Å². The van der Waals surface area contributed by atoms with E-state index in [1.54, 1.807) is 18.0 Å². The molecule has 0 fully saturated rings. The molecule has 19 heavy (non-hydrogen) atoms. The lowest BCUT2D eigenvalue weighted by molar-refractivity contribution is 0.0965. The highest BCUT2D eigenvalue weighted by atomic mass is 16.5. The molecule has 1 aromatic rings. The maximum absolute atomic E-state index is 12.3. The fourth-order valence-electron chi connectivity index (χ4n) is 2.19. The second-order valence-corrected chi connectivity index (χ2v) is 4.87. The van der Waals surface area contributed by atoms with Crippen LogP contribution in [0.5, 0.6) is 5.75 Å². The molecular formula is C15H26N2O2. The Morgan fingerprint density at radius 1 is 1.21 bits per heavy atom. The molecule has 0 aliphatic rings. The number of hydrogen-bond donors (Lipinski definition) is 0. The highest BCUT2D eigenvalue weighted by molar-refractivity contribution is 5.96. The molecule has 1 aromatic heterocycles. The predicted octanol–water partition coefficient (Wildman–Crippen LogP) is 3.84. The van der Waals surface area contributed by atoms with Gasteiger partial charge in [-0.2, -0.15) is 5.10 Å². The molecule has 0 atom stereocenters. The van der Waals surface area contributed by atoms with Crippen molar-refractivity contribution in [3.63, 3.8) is 0 Å². The summed E-state index contributed by atoms with van der Waals surface area (Å²) in [7, 11) is 1.59. The van der Waals surface area contributed by atoms with Gasteiger partial charge in [-0.1, -0.05) is 39.5 Å². The number of methoxy groups -OCH3 is 1. The van der Waals surface area contributed by atoms with Crippen LogP contribution in [0.15, 0.2) is 6.20 Å². The smallest absolute Gasteiger partial charge is 0.184 e. The van der Waals surface area contributed by atoms with Crippen LogP contribution in [0, 0.1) is 0 Å². The van der Waals surface area contributed by atoms with Crippen molar-refractivity contribution in [2.75, 3.05) is 7.11 Å². The average Bonchev–Trinajstić information content (AvgIpc) is 2.81. The average molecular weight is 266 g/mol. The lowest BCUT2D eigenvalue weighted by atomic mass is 10.1. The molecule has 0 aliphatic heterocycles. The van der Waals surface area contributed by atoms with Crippen molar-refractivity contribution < 1.29 is 9.53 Å². The molecule has 0 saturated heterocycles. The Morgan fingerprint density at radius 2 is 1.95 bits per heavy atom. The topological polar surface area (TPSA) is 44.1 Å². The number of rotatable bonds is 10. The van der Waals surface area contributed by atoms with E-state index >= 15 is 0 Å². The first-order chi connectivity index (χ1) is 9.24. The van der Waals surface area contributed by atoms with E-state index in [-0.39, 0.29) is 5.78 Å². The Morgan fingerprint density at radius 3 is 2.58 bits per heavy atom. The summed E-state index contributed by atoms with van der Waals surface area (Å²) >= 11 is 0. The van der Waals surface area contributed by atoms with Gasteiger partial charge in [-0.15, -0.1) is 0 Å². The van der Waals surface area contributed by atoms with E-state index in [0.717, 1.165) is 25.8 Å². The van der Waals surface area contributed by atoms with E-state index in [1.165, 1.54) is 19.3 Å². The minimum absolute atomic E-state index is 0.152. The number of carbonyl (C=O) groups is 1. The molecule has 1 rings (SSSR count). The number of aromatic nitrogens is 2. The monoisotopic (exact) mass is 266 g/mol. The maximum Gasteiger partial charge on any atom is 0.184 e. The molecule has 0 spiro atoms. The SMILES string of the molecule is CCCCCCCC(=O)c1c(OC)cnn1CCC. The van der Waals surface area contributed by atoms with E-state index in [9.17, 15) is 4.79 Å². The predicted molar refractivity (Wildman–Crippen MR) is 76.8 cm³/mol. The van der Waals surface area contributed by atoms with Crippen LogP contribution in [0.4, 0.5) is 0 Å². The Kier molecular flexibility index (Phi) is 7.23. The molecule has 0 aliphatic carbocycles. The summed E-state index contributed by atoms with van der Waals surface area (Å²) in [4.78, 5) is 12.3. The summed E-state index contributed by atoms with van der Waals surface area (Å²) < 4.78 is 7.01. The summed E-state index contributed by atoms with van der Waals surface area (Å²) in [5, 5.41) is 4.23. The second-order valence-electron chi connectivity index (χ2n) is 4.87. The standard InChI is InChI=1S/C15H26N2O2/c1-4-6-7-8-9-10-13(18)15-14(19-3)12-16-17(15)11-5-2/h12H,4-11H2,1-3H3. The molecule has 1 heterocycles. The van der Waals surface area contributed by atoms with Crippen LogP contribution in [0.25, 0.3) is 0 Å². The first kappa shape index (κ1) is 15.7. The van der Waals surface area contributed by atoms with Crippen molar-refractivity contribution in [1.82, 2.24) is 9.78 Å². The normalized spacial score (nSPS) is 10.7. The van der Waals surface area contributed by atoms with Gasteiger partial charge in [0.05, 0.1) is 13.3 Å². The van der Waals surface area contributed by atoms with Crippen molar-refractivity contribution in [2.45, 2.75) is 65.3 Å². The number of nitrogens with zero attached hydrogens (tertiary/aromatic N) is 2. The zero-order valence-electron chi connectivity index (χ0n) is 12.4. The van der Waals surface area contributed by atoms with Crippen molar-refractivity contribution in [3.05, 3.63) is 11.9 Å². The van der Waals surface area contributed by atoms with Gasteiger partial charge in [0.2, 0.25) is 0 Å². The van der Waals surface area contributed by atoms with Gasteiger partial charge in [0, 0.05) is 13.0 Å². The molecule has 4 heteroatoms. The van der Waals surface area contributed by atoms with Crippen LogP contribution in [-0.2, 0) is 6.54 Å². The molecule has 0 unspecified atom stereocenters. The molecule has 4 nitrogen and oxygen atoms in total. The molecule has 0 radical (unpaired) electrons. The summed E-state index contributed by atoms with van der Waals surface area (Å²) in [6, 6.07) is 0. The summed E-state index contributed by atoms with van der Waals surface area (Å²) in [5.74, 6) is 0.756. The number of carbonyl (C=O) groups excluding carboxylic acids is 1. The van der Waals surface area contributed by atoms with E-state index in [1.807, 2.05) is 0 Å². The van der Waals surface area contributed by atoms with Gasteiger partial charge in [-0.3, -0.25) is 9.48 Å². The lowest BCUT2D eigenvalue weighted by Crippen LogP contribution is -2.11. The van der Waals surface area contributed by atoms with Gasteiger partial charge in [-0.25, -0.2) is 0 Å². The number of hydrogen-bond acceptors (Lipinski definition) is 3. The number of ketones is 1. The van der Waals surface area contributed by atoms with Crippen molar-refractivity contribution in [3.8, 4) is 5.75 Å². The number of unbranched alkanes of at least 4 members (excludes halogenated alkanes) is 4. The zero-order chi connectivity index (χ0) is 14.1. The van der Waals surface area contributed by atoms with Gasteiger partial charge in [0.25, 0.3) is 0 Å². The Bertz CT molecular complexity index is 385. The Balaban J connectivity index is 2.56. The Labute approximate surface area is 116 Å². The van der Waals surface area contributed by atoms with Crippen LogP contribution in [-0.4, -0.2) is 22.7 Å². The van der Waals surface area contributed by atoms with E-state index in [2.05, 4.69) is 18.9 Å². The maximum atomic E-state index is 12.3. The van der Waals surface area contributed by atoms with Gasteiger partial charge < -0.3 is 4.74 Å². The van der Waals surface area contributed by atoms with Crippen molar-refractivity contribution in [1.29, 1.82) is 0 Å². The Hall–Kier alpha value is -1.32. The van der Waals surface area contributed by atoms with Gasteiger partial charge >= 0.3 is 0 Å². The summed E-state index contributed by atoms with van der Waals surface area (Å²) in [5.41, 5.74) is 0.639. The summed E-state index contributed by atoms with van der Waals surface area (Å²) in [6.07, 6.45) is 8.98. The highest BCUT2D eigenvalue weighted by Gasteiger charge is 2.18. The van der Waals surface area contributed by atoms with E-state index in [0.29, 0.717) is 17.9 Å². The fourth-order valence-corrected chi connectivity index (χ4v) is 2.19. The van der Waals surface area contributed by atoms with Crippen molar-refractivity contribution >= 4 is 5.78 Å². The molecule has 0 aromatic carbocycles. The van der Waals surface area contributed by atoms with Gasteiger partial charge in [0.15, 0.2) is 11.5 Å². The summed E-state index contributed by atoms with van der Waals surface area (Å²) in [6.45, 7) is 5.03. The molecular weight excluding hydrogens is 240 g/mol. The molecule has 108 valence electrons. The highest BCUT2D eigenvalue weighted by Crippen LogP contribution is 2.21. The first-order valence-electron chi connectivity index (χ1n) is 7.37. The second kappa shape index (κ2) is 8.73. The quantitative estimate of drug-likeness (QED) is 0.477. The first-order valence-corrected chi connectivity index (χ1v) is 7.37. The third-order valence-electron chi connectivity index (χ3n) is 3.23.